The van der Waals surface area contributed by atoms with Crippen molar-refractivity contribution in [3.63, 3.8) is 0 Å². The molecule has 0 heterocycles. The Morgan fingerprint density at radius 3 is 2.21 bits per heavy atom. The first-order valence-electron chi connectivity index (χ1n) is 5.21. The van der Waals surface area contributed by atoms with Crippen LogP contribution in [-0.2, 0) is 14.8 Å². The molecule has 0 aliphatic carbocycles. The number of aliphatic carboxylic acids is 1. The second-order valence-electron chi connectivity index (χ2n) is 3.96. The number of anilines is 1. The van der Waals surface area contributed by atoms with Gasteiger partial charge in [-0.1, -0.05) is 6.58 Å². The molecule has 0 atom stereocenters. The second-order valence-corrected chi connectivity index (χ2v) is 5.71. The Hall–Kier alpha value is -2.15. The fraction of sp³-hybridized carbons (Fsp3) is 0.167. The van der Waals surface area contributed by atoms with E-state index in [9.17, 15) is 18.0 Å². The maximum absolute atomic E-state index is 11.7. The summed E-state index contributed by atoms with van der Waals surface area (Å²) in [6, 6.07) is 5.70. The first-order chi connectivity index (χ1) is 8.69. The average Bonchev–Trinajstić information content (AvgIpc) is 2.27. The zero-order chi connectivity index (χ0) is 14.6. The van der Waals surface area contributed by atoms with Crippen LogP contribution in [-0.4, -0.2) is 31.5 Å². The molecule has 0 radical (unpaired) electrons. The molecule has 0 fully saturated rings. The minimum Gasteiger partial charge on any atom is -0.478 e. The van der Waals surface area contributed by atoms with E-state index in [-0.39, 0.29) is 12.0 Å². The van der Waals surface area contributed by atoms with Crippen LogP contribution in [0.5, 0.6) is 0 Å². The maximum Gasteiger partial charge on any atom is 0.331 e. The zero-order valence-corrected chi connectivity index (χ0v) is 11.0. The fourth-order valence-electron chi connectivity index (χ4n) is 1.31. The van der Waals surface area contributed by atoms with E-state index in [1.807, 2.05) is 0 Å². The van der Waals surface area contributed by atoms with Crippen molar-refractivity contribution in [3.05, 3.63) is 42.0 Å². The van der Waals surface area contributed by atoms with E-state index in [4.69, 9.17) is 5.11 Å². The number of sulfonamides is 1. The summed E-state index contributed by atoms with van der Waals surface area (Å²) in [6.07, 6.45) is 0.733. The summed E-state index contributed by atoms with van der Waals surface area (Å²) in [7, 11) is -3.37. The molecule has 19 heavy (non-hydrogen) atoms. The van der Waals surface area contributed by atoms with Gasteiger partial charge in [0.15, 0.2) is 5.78 Å². The Labute approximate surface area is 110 Å². The van der Waals surface area contributed by atoms with Crippen LogP contribution in [0.4, 0.5) is 5.69 Å². The lowest BCUT2D eigenvalue weighted by atomic mass is 10.0. The molecule has 1 rings (SSSR count). The zero-order valence-electron chi connectivity index (χ0n) is 10.2. The number of ketones is 1. The van der Waals surface area contributed by atoms with E-state index in [1.54, 1.807) is 0 Å². The molecule has 0 aromatic heterocycles. The molecule has 0 aliphatic heterocycles. The van der Waals surface area contributed by atoms with Gasteiger partial charge in [0.05, 0.1) is 6.26 Å². The summed E-state index contributed by atoms with van der Waals surface area (Å²) in [4.78, 5) is 22.2. The Morgan fingerprint density at radius 2 is 1.79 bits per heavy atom. The number of rotatable bonds is 6. The number of hydrogen-bond donors (Lipinski definition) is 2. The van der Waals surface area contributed by atoms with E-state index in [0.29, 0.717) is 11.3 Å². The predicted molar refractivity (Wildman–Crippen MR) is 70.6 cm³/mol. The lowest BCUT2D eigenvalue weighted by molar-refractivity contribution is -0.132. The second kappa shape index (κ2) is 5.66. The lowest BCUT2D eigenvalue weighted by Gasteiger charge is -2.05. The normalized spacial score (nSPS) is 10.8. The number of carboxylic acids is 1. The van der Waals surface area contributed by atoms with E-state index >= 15 is 0 Å². The van der Waals surface area contributed by atoms with Gasteiger partial charge in [-0.3, -0.25) is 9.52 Å². The third-order valence-electron chi connectivity index (χ3n) is 2.19. The molecule has 0 amide bonds. The SMILES string of the molecule is C=C(CC(=O)c1ccc(NS(C)(=O)=O)cc1)C(=O)O. The van der Waals surface area contributed by atoms with Crippen molar-refractivity contribution in [1.29, 1.82) is 0 Å². The largest absolute Gasteiger partial charge is 0.478 e. The Bertz CT molecular complexity index is 616. The Morgan fingerprint density at radius 1 is 1.26 bits per heavy atom. The molecular weight excluding hydrogens is 270 g/mol. The minimum absolute atomic E-state index is 0.191. The van der Waals surface area contributed by atoms with Crippen LogP contribution in [0, 0.1) is 0 Å². The standard InChI is InChI=1S/C12H13NO5S/c1-8(12(15)16)7-11(14)9-3-5-10(6-4-9)13-19(2,17)18/h3-6,13H,1,7H2,2H3,(H,15,16). The fourth-order valence-corrected chi connectivity index (χ4v) is 1.87. The number of carbonyl (C=O) groups is 2. The third-order valence-corrected chi connectivity index (χ3v) is 2.79. The van der Waals surface area contributed by atoms with Gasteiger partial charge in [0.1, 0.15) is 0 Å². The lowest BCUT2D eigenvalue weighted by Crippen LogP contribution is -2.10. The summed E-state index contributed by atoms with van der Waals surface area (Å²) in [5.74, 6) is -1.61. The highest BCUT2D eigenvalue weighted by Gasteiger charge is 2.12. The van der Waals surface area contributed by atoms with Gasteiger partial charge in [-0.05, 0) is 24.3 Å². The van der Waals surface area contributed by atoms with Gasteiger partial charge < -0.3 is 5.11 Å². The van der Waals surface area contributed by atoms with Gasteiger partial charge >= 0.3 is 5.97 Å². The summed E-state index contributed by atoms with van der Waals surface area (Å²) < 4.78 is 24.2. The van der Waals surface area contributed by atoms with Crippen LogP contribution in [0.25, 0.3) is 0 Å². The van der Waals surface area contributed by atoms with Crippen molar-refractivity contribution < 1.29 is 23.1 Å². The first-order valence-corrected chi connectivity index (χ1v) is 7.10. The van der Waals surface area contributed by atoms with Crippen LogP contribution in [0.2, 0.25) is 0 Å². The molecule has 2 N–H and O–H groups in total. The summed E-state index contributed by atoms with van der Waals surface area (Å²) in [5, 5.41) is 8.62. The van der Waals surface area contributed by atoms with Gasteiger partial charge in [0.25, 0.3) is 0 Å². The van der Waals surface area contributed by atoms with E-state index in [1.165, 1.54) is 24.3 Å². The van der Waals surface area contributed by atoms with Gasteiger partial charge in [-0.15, -0.1) is 0 Å². The number of Topliss-reactive ketones (excluding diaryl/α,β-unsaturated/α-hetero) is 1. The number of carbonyl (C=O) groups excluding carboxylic acids is 1. The molecule has 1 aromatic rings. The number of nitrogens with one attached hydrogen (secondary N) is 1. The highest BCUT2D eigenvalue weighted by molar-refractivity contribution is 7.92. The third kappa shape index (κ3) is 4.92. The molecule has 0 saturated carbocycles. The average molecular weight is 283 g/mol. The highest BCUT2D eigenvalue weighted by atomic mass is 32.2. The predicted octanol–water partition coefficient (Wildman–Crippen LogP) is 1.27. The van der Waals surface area contributed by atoms with E-state index < -0.39 is 21.8 Å². The van der Waals surface area contributed by atoms with Crippen LogP contribution in [0.15, 0.2) is 36.4 Å². The molecule has 1 aromatic carbocycles. The van der Waals surface area contributed by atoms with Gasteiger partial charge in [-0.25, -0.2) is 13.2 Å². The van der Waals surface area contributed by atoms with Crippen molar-refractivity contribution in [1.82, 2.24) is 0 Å². The Balaban J connectivity index is 2.79. The van der Waals surface area contributed by atoms with Gasteiger partial charge in [0.2, 0.25) is 10.0 Å². The van der Waals surface area contributed by atoms with Crippen molar-refractivity contribution >= 4 is 27.5 Å². The van der Waals surface area contributed by atoms with Gasteiger partial charge in [-0.2, -0.15) is 0 Å². The number of benzene rings is 1. The summed E-state index contributed by atoms with van der Waals surface area (Å²) >= 11 is 0. The van der Waals surface area contributed by atoms with Crippen molar-refractivity contribution in [3.8, 4) is 0 Å². The topological polar surface area (TPSA) is 101 Å². The number of carboxylic acid groups (broad SMARTS) is 1. The minimum atomic E-state index is -3.37. The van der Waals surface area contributed by atoms with Crippen LogP contribution in [0.1, 0.15) is 16.8 Å². The molecule has 0 bridgehead atoms. The van der Waals surface area contributed by atoms with Crippen molar-refractivity contribution in [2.24, 2.45) is 0 Å². The summed E-state index contributed by atoms with van der Waals surface area (Å²) in [6.45, 7) is 3.27. The maximum atomic E-state index is 11.7. The quantitative estimate of drug-likeness (QED) is 0.605. The molecule has 102 valence electrons. The van der Waals surface area contributed by atoms with Crippen molar-refractivity contribution in [2.45, 2.75) is 6.42 Å². The van der Waals surface area contributed by atoms with Crippen LogP contribution in [0.3, 0.4) is 0 Å². The molecule has 0 saturated heterocycles. The monoisotopic (exact) mass is 283 g/mol. The molecule has 6 nitrogen and oxygen atoms in total. The first kappa shape index (κ1) is 14.9. The van der Waals surface area contributed by atoms with Crippen molar-refractivity contribution in [2.75, 3.05) is 11.0 Å². The van der Waals surface area contributed by atoms with E-state index in [0.717, 1.165) is 6.26 Å². The number of hydrogen-bond acceptors (Lipinski definition) is 4. The summed E-state index contributed by atoms with van der Waals surface area (Å²) in [5.41, 5.74) is 0.431. The van der Waals surface area contributed by atoms with Crippen LogP contribution >= 0.6 is 0 Å². The molecule has 0 aliphatic rings. The highest BCUT2D eigenvalue weighted by Crippen LogP contribution is 2.14. The Kier molecular flexibility index (Phi) is 4.44. The van der Waals surface area contributed by atoms with Gasteiger partial charge in [0, 0.05) is 23.2 Å². The van der Waals surface area contributed by atoms with E-state index in [2.05, 4.69) is 11.3 Å². The molecule has 0 spiro atoms. The molecular formula is C12H13NO5S. The van der Waals surface area contributed by atoms with Crippen LogP contribution < -0.4 is 4.72 Å². The smallest absolute Gasteiger partial charge is 0.331 e. The molecule has 7 heteroatoms. The molecule has 0 unspecified atom stereocenters.